The van der Waals surface area contributed by atoms with Gasteiger partial charge in [-0.3, -0.25) is 4.79 Å². The van der Waals surface area contributed by atoms with Crippen LogP contribution >= 0.6 is 23.4 Å². The molecule has 1 aliphatic heterocycles. The highest BCUT2D eigenvalue weighted by Crippen LogP contribution is 2.24. The molecule has 5 nitrogen and oxygen atoms in total. The third-order valence-corrected chi connectivity index (χ3v) is 4.87. The Kier molecular flexibility index (Phi) is 5.73. The molecule has 2 aromatic carbocycles. The molecule has 2 aromatic rings. The zero-order chi connectivity index (χ0) is 17.6. The maximum Gasteiger partial charge on any atom is 0.239 e. The smallest absolute Gasteiger partial charge is 0.239 e. The van der Waals surface area contributed by atoms with Gasteiger partial charge in [0, 0.05) is 5.02 Å². The standard InChI is InChI=1S/C18H16ClN3O2S/c1-24-15-7-5-12(6-8-15)11-20-22-18-21-17(23)16(25-18)10-13-3-2-4-14(19)9-13/h2-9,11,16H,10H2,1H3,(H,21,22,23)/b20-11-/t16-/m0/s1. The number of benzene rings is 2. The maximum absolute atomic E-state index is 12.1. The van der Waals surface area contributed by atoms with Crippen LogP contribution in [0.25, 0.3) is 0 Å². The van der Waals surface area contributed by atoms with E-state index in [1.54, 1.807) is 13.3 Å². The van der Waals surface area contributed by atoms with Crippen molar-refractivity contribution in [1.82, 2.24) is 5.32 Å². The van der Waals surface area contributed by atoms with Gasteiger partial charge in [0.25, 0.3) is 0 Å². The number of amidine groups is 1. The molecule has 1 heterocycles. The predicted octanol–water partition coefficient (Wildman–Crippen LogP) is 3.51. The van der Waals surface area contributed by atoms with Crippen molar-refractivity contribution >= 4 is 40.7 Å². The van der Waals surface area contributed by atoms with Gasteiger partial charge in [0.1, 0.15) is 5.75 Å². The fraction of sp³-hybridized carbons (Fsp3) is 0.167. The highest BCUT2D eigenvalue weighted by atomic mass is 35.5. The third-order valence-electron chi connectivity index (χ3n) is 3.56. The lowest BCUT2D eigenvalue weighted by atomic mass is 10.1. The second-order valence-corrected chi connectivity index (χ2v) is 6.98. The number of carbonyl (C=O) groups excluding carboxylic acids is 1. The van der Waals surface area contributed by atoms with E-state index in [-0.39, 0.29) is 11.2 Å². The van der Waals surface area contributed by atoms with E-state index in [0.29, 0.717) is 16.6 Å². The first-order valence-electron chi connectivity index (χ1n) is 7.61. The fourth-order valence-electron chi connectivity index (χ4n) is 2.30. The van der Waals surface area contributed by atoms with E-state index in [1.165, 1.54) is 11.8 Å². The van der Waals surface area contributed by atoms with Crippen molar-refractivity contribution in [2.45, 2.75) is 11.7 Å². The lowest BCUT2D eigenvalue weighted by molar-refractivity contribution is -0.118. The topological polar surface area (TPSA) is 63.1 Å². The van der Waals surface area contributed by atoms with E-state index < -0.39 is 0 Å². The molecule has 7 heteroatoms. The molecule has 1 N–H and O–H groups in total. The molecule has 3 rings (SSSR count). The van der Waals surface area contributed by atoms with E-state index in [0.717, 1.165) is 16.9 Å². The van der Waals surface area contributed by atoms with E-state index in [2.05, 4.69) is 15.5 Å². The second-order valence-electron chi connectivity index (χ2n) is 5.35. The number of carbonyl (C=O) groups is 1. The molecule has 0 aliphatic carbocycles. The fourth-order valence-corrected chi connectivity index (χ4v) is 3.48. The van der Waals surface area contributed by atoms with Gasteiger partial charge in [-0.05, 0) is 53.9 Å². The van der Waals surface area contributed by atoms with E-state index in [1.807, 2.05) is 48.5 Å². The zero-order valence-electron chi connectivity index (χ0n) is 13.5. The van der Waals surface area contributed by atoms with Crippen molar-refractivity contribution in [3.8, 4) is 5.75 Å². The van der Waals surface area contributed by atoms with Crippen LogP contribution in [0.5, 0.6) is 5.75 Å². The number of rotatable bonds is 5. The van der Waals surface area contributed by atoms with Crippen molar-refractivity contribution < 1.29 is 9.53 Å². The molecule has 1 saturated heterocycles. The van der Waals surface area contributed by atoms with Crippen LogP contribution in [0.4, 0.5) is 0 Å². The Labute approximate surface area is 155 Å². The summed E-state index contributed by atoms with van der Waals surface area (Å²) in [6.07, 6.45) is 2.22. The molecule has 0 aromatic heterocycles. The Hall–Kier alpha value is -2.31. The molecule has 25 heavy (non-hydrogen) atoms. The summed E-state index contributed by atoms with van der Waals surface area (Å²) in [6.45, 7) is 0. The van der Waals surface area contributed by atoms with Gasteiger partial charge in [-0.1, -0.05) is 35.5 Å². The normalized spacial score (nSPS) is 18.7. The monoisotopic (exact) mass is 373 g/mol. The molecular formula is C18H16ClN3O2S. The minimum atomic E-state index is -0.228. The average molecular weight is 374 g/mol. The SMILES string of the molecule is COc1ccc(/C=N\N=C2/NC(=O)[C@H](Cc3cccc(Cl)c3)S2)cc1. The minimum absolute atomic E-state index is 0.0663. The number of ether oxygens (including phenoxy) is 1. The first-order valence-corrected chi connectivity index (χ1v) is 8.87. The van der Waals surface area contributed by atoms with Crippen LogP contribution in [-0.2, 0) is 11.2 Å². The molecular weight excluding hydrogens is 358 g/mol. The number of amides is 1. The lowest BCUT2D eigenvalue weighted by Crippen LogP contribution is -2.25. The Morgan fingerprint density at radius 1 is 1.28 bits per heavy atom. The maximum atomic E-state index is 12.1. The number of hydrogen-bond acceptors (Lipinski definition) is 5. The quantitative estimate of drug-likeness (QED) is 0.644. The van der Waals surface area contributed by atoms with Gasteiger partial charge in [0.2, 0.25) is 5.91 Å². The van der Waals surface area contributed by atoms with Gasteiger partial charge >= 0.3 is 0 Å². The number of hydrogen-bond donors (Lipinski definition) is 1. The van der Waals surface area contributed by atoms with Crippen molar-refractivity contribution in [3.63, 3.8) is 0 Å². The van der Waals surface area contributed by atoms with E-state index >= 15 is 0 Å². The molecule has 0 spiro atoms. The van der Waals surface area contributed by atoms with Crippen LogP contribution in [0, 0.1) is 0 Å². The first-order chi connectivity index (χ1) is 12.1. The van der Waals surface area contributed by atoms with Gasteiger partial charge in [-0.25, -0.2) is 0 Å². The molecule has 1 atom stereocenters. The highest BCUT2D eigenvalue weighted by Gasteiger charge is 2.30. The molecule has 0 radical (unpaired) electrons. The molecule has 1 fully saturated rings. The summed E-state index contributed by atoms with van der Waals surface area (Å²) >= 11 is 7.36. The average Bonchev–Trinajstić information content (AvgIpc) is 2.95. The summed E-state index contributed by atoms with van der Waals surface area (Å²) in [5.74, 6) is 0.717. The summed E-state index contributed by atoms with van der Waals surface area (Å²) in [4.78, 5) is 12.1. The minimum Gasteiger partial charge on any atom is -0.497 e. The van der Waals surface area contributed by atoms with E-state index in [9.17, 15) is 4.79 Å². The van der Waals surface area contributed by atoms with Crippen LogP contribution in [0.3, 0.4) is 0 Å². The lowest BCUT2D eigenvalue weighted by Gasteiger charge is -2.05. The molecule has 1 aliphatic rings. The Morgan fingerprint density at radius 3 is 2.80 bits per heavy atom. The van der Waals surface area contributed by atoms with Crippen molar-refractivity contribution in [2.75, 3.05) is 7.11 Å². The summed E-state index contributed by atoms with van der Waals surface area (Å²) in [5.41, 5.74) is 1.91. The van der Waals surface area contributed by atoms with Crippen molar-refractivity contribution in [2.24, 2.45) is 10.2 Å². The van der Waals surface area contributed by atoms with Gasteiger partial charge in [-0.2, -0.15) is 5.10 Å². The van der Waals surface area contributed by atoms with Gasteiger partial charge < -0.3 is 10.1 Å². The summed E-state index contributed by atoms with van der Waals surface area (Å²) in [5, 5.41) is 11.8. The number of methoxy groups -OCH3 is 1. The van der Waals surface area contributed by atoms with Crippen LogP contribution in [-0.4, -0.2) is 29.6 Å². The molecule has 1 amide bonds. The number of halogens is 1. The highest BCUT2D eigenvalue weighted by molar-refractivity contribution is 8.15. The van der Waals surface area contributed by atoms with Crippen molar-refractivity contribution in [1.29, 1.82) is 0 Å². The Morgan fingerprint density at radius 2 is 2.08 bits per heavy atom. The van der Waals surface area contributed by atoms with Gasteiger partial charge in [0.05, 0.1) is 18.6 Å². The first kappa shape index (κ1) is 17.5. The number of nitrogens with zero attached hydrogens (tertiary/aromatic N) is 2. The predicted molar refractivity (Wildman–Crippen MR) is 103 cm³/mol. The second kappa shape index (κ2) is 8.18. The van der Waals surface area contributed by atoms with Crippen LogP contribution in [0.15, 0.2) is 58.7 Å². The molecule has 0 bridgehead atoms. The molecule has 0 saturated carbocycles. The van der Waals surface area contributed by atoms with Gasteiger partial charge in [-0.15, -0.1) is 5.10 Å². The van der Waals surface area contributed by atoms with E-state index in [4.69, 9.17) is 16.3 Å². The Bertz CT molecular complexity index is 821. The number of thioether (sulfide) groups is 1. The summed E-state index contributed by atoms with van der Waals surface area (Å²) < 4.78 is 5.10. The zero-order valence-corrected chi connectivity index (χ0v) is 15.1. The van der Waals surface area contributed by atoms with Crippen molar-refractivity contribution in [3.05, 3.63) is 64.7 Å². The third kappa shape index (κ3) is 4.84. The Balaban J connectivity index is 1.61. The summed E-state index contributed by atoms with van der Waals surface area (Å²) in [6, 6.07) is 15.0. The molecule has 0 unspecified atom stereocenters. The molecule has 128 valence electrons. The van der Waals surface area contributed by atoms with Gasteiger partial charge in [0.15, 0.2) is 5.17 Å². The summed E-state index contributed by atoms with van der Waals surface area (Å²) in [7, 11) is 1.62. The van der Waals surface area contributed by atoms with Crippen LogP contribution < -0.4 is 10.1 Å². The van der Waals surface area contributed by atoms with Crippen LogP contribution in [0.1, 0.15) is 11.1 Å². The number of nitrogens with one attached hydrogen (secondary N) is 1. The largest absolute Gasteiger partial charge is 0.497 e. The van der Waals surface area contributed by atoms with Crippen LogP contribution in [0.2, 0.25) is 5.02 Å².